The van der Waals surface area contributed by atoms with Crippen molar-refractivity contribution in [3.8, 4) is 34.6 Å². The SMILES string of the molecule is Cc1ccccc1-c1nc2ccc(Oc3ccc(Oc4ccc(F)cn4)nc3)cc2c(=O)n1CC1CCCN(CCO)C1. The van der Waals surface area contributed by atoms with Gasteiger partial charge in [0.25, 0.3) is 5.56 Å². The number of aliphatic hydroxyl groups excluding tert-OH is 1. The van der Waals surface area contributed by atoms with Crippen LogP contribution >= 0.6 is 0 Å². The molecular weight excluding hydrogens is 549 g/mol. The maximum atomic E-state index is 14.1. The number of likely N-dealkylation sites (tertiary alicyclic amines) is 1. The van der Waals surface area contributed by atoms with Gasteiger partial charge in [0, 0.05) is 37.3 Å². The van der Waals surface area contributed by atoms with Crippen LogP contribution in [0.5, 0.6) is 23.3 Å². The summed E-state index contributed by atoms with van der Waals surface area (Å²) in [4.78, 5) is 29.5. The lowest BCUT2D eigenvalue weighted by Crippen LogP contribution is -2.40. The number of hydrogen-bond donors (Lipinski definition) is 1. The molecule has 1 saturated heterocycles. The Labute approximate surface area is 248 Å². The summed E-state index contributed by atoms with van der Waals surface area (Å²) < 4.78 is 26.5. The van der Waals surface area contributed by atoms with Crippen molar-refractivity contribution < 1.29 is 19.0 Å². The molecule has 4 heterocycles. The minimum Gasteiger partial charge on any atom is -0.456 e. The zero-order chi connectivity index (χ0) is 29.8. The van der Waals surface area contributed by atoms with Crippen LogP contribution in [0.1, 0.15) is 18.4 Å². The smallest absolute Gasteiger partial charge is 0.261 e. The van der Waals surface area contributed by atoms with Gasteiger partial charge in [0.15, 0.2) is 0 Å². The van der Waals surface area contributed by atoms with E-state index >= 15 is 0 Å². The lowest BCUT2D eigenvalue weighted by molar-refractivity contribution is 0.132. The van der Waals surface area contributed by atoms with E-state index in [1.54, 1.807) is 34.9 Å². The third-order valence-electron chi connectivity index (χ3n) is 7.63. The number of β-amino-alcohol motifs (C(OH)–C–C–N with tert-alkyl or cyclic N) is 1. The van der Waals surface area contributed by atoms with Crippen molar-refractivity contribution in [2.45, 2.75) is 26.3 Å². The number of aromatic nitrogens is 4. The Hall–Kier alpha value is -4.67. The van der Waals surface area contributed by atoms with E-state index in [1.165, 1.54) is 18.3 Å². The number of hydrogen-bond acceptors (Lipinski definition) is 8. The van der Waals surface area contributed by atoms with E-state index in [2.05, 4.69) is 14.9 Å². The molecule has 1 aliphatic heterocycles. The van der Waals surface area contributed by atoms with Crippen LogP contribution in [0.25, 0.3) is 22.3 Å². The Morgan fingerprint density at radius 3 is 2.51 bits per heavy atom. The summed E-state index contributed by atoms with van der Waals surface area (Å²) in [6.07, 6.45) is 4.60. The monoisotopic (exact) mass is 581 g/mol. The van der Waals surface area contributed by atoms with Gasteiger partial charge >= 0.3 is 0 Å². The second kappa shape index (κ2) is 12.7. The van der Waals surface area contributed by atoms with E-state index in [4.69, 9.17) is 14.5 Å². The molecule has 43 heavy (non-hydrogen) atoms. The summed E-state index contributed by atoms with van der Waals surface area (Å²) in [7, 11) is 0. The van der Waals surface area contributed by atoms with Crippen LogP contribution in [-0.2, 0) is 6.54 Å². The molecule has 6 rings (SSSR count). The van der Waals surface area contributed by atoms with Crippen molar-refractivity contribution in [2.24, 2.45) is 5.92 Å². The first-order chi connectivity index (χ1) is 21.0. The minimum atomic E-state index is -0.452. The van der Waals surface area contributed by atoms with Gasteiger partial charge in [-0.1, -0.05) is 24.3 Å². The molecule has 0 saturated carbocycles. The Morgan fingerprint density at radius 1 is 0.977 bits per heavy atom. The van der Waals surface area contributed by atoms with Crippen LogP contribution in [0, 0.1) is 18.7 Å². The zero-order valence-electron chi connectivity index (χ0n) is 23.8. The molecule has 1 aliphatic rings. The van der Waals surface area contributed by atoms with Crippen LogP contribution in [0.4, 0.5) is 4.39 Å². The van der Waals surface area contributed by atoms with Gasteiger partial charge < -0.3 is 19.5 Å². The van der Waals surface area contributed by atoms with E-state index in [-0.39, 0.29) is 29.8 Å². The van der Waals surface area contributed by atoms with Gasteiger partial charge in [-0.3, -0.25) is 9.36 Å². The third kappa shape index (κ3) is 6.55. The van der Waals surface area contributed by atoms with Gasteiger partial charge in [-0.25, -0.2) is 19.3 Å². The van der Waals surface area contributed by atoms with Crippen LogP contribution in [-0.4, -0.2) is 55.8 Å². The summed E-state index contributed by atoms with van der Waals surface area (Å²) >= 11 is 0. The number of ether oxygens (including phenoxy) is 2. The van der Waals surface area contributed by atoms with Gasteiger partial charge in [0.1, 0.15) is 23.1 Å². The highest BCUT2D eigenvalue weighted by atomic mass is 19.1. The van der Waals surface area contributed by atoms with Crippen LogP contribution in [0.3, 0.4) is 0 Å². The molecule has 0 spiro atoms. The summed E-state index contributed by atoms with van der Waals surface area (Å²) in [5, 5.41) is 9.92. The molecule has 1 N–H and O–H groups in total. The first kappa shape index (κ1) is 28.4. The molecule has 0 amide bonds. The molecule has 2 aromatic carbocycles. The van der Waals surface area contributed by atoms with E-state index in [9.17, 15) is 14.3 Å². The fraction of sp³-hybridized carbons (Fsp3) is 0.273. The summed E-state index contributed by atoms with van der Waals surface area (Å²) in [5.74, 6) is 1.89. The molecule has 3 aromatic heterocycles. The van der Waals surface area contributed by atoms with Crippen molar-refractivity contribution in [3.05, 3.63) is 101 Å². The van der Waals surface area contributed by atoms with Crippen molar-refractivity contribution in [2.75, 3.05) is 26.2 Å². The second-order valence-corrected chi connectivity index (χ2v) is 10.7. The minimum absolute atomic E-state index is 0.123. The highest BCUT2D eigenvalue weighted by Gasteiger charge is 2.23. The first-order valence-electron chi connectivity index (χ1n) is 14.3. The third-order valence-corrected chi connectivity index (χ3v) is 7.63. The maximum Gasteiger partial charge on any atom is 0.261 e. The fourth-order valence-corrected chi connectivity index (χ4v) is 5.52. The average Bonchev–Trinajstić information content (AvgIpc) is 3.02. The van der Waals surface area contributed by atoms with Gasteiger partial charge in [-0.05, 0) is 68.1 Å². The number of halogens is 1. The summed E-state index contributed by atoms with van der Waals surface area (Å²) in [6.45, 7) is 5.10. The molecule has 0 radical (unpaired) electrons. The zero-order valence-corrected chi connectivity index (χ0v) is 23.8. The second-order valence-electron chi connectivity index (χ2n) is 10.7. The summed E-state index contributed by atoms with van der Waals surface area (Å²) in [5.41, 5.74) is 2.44. The van der Waals surface area contributed by atoms with Crippen molar-refractivity contribution in [1.82, 2.24) is 24.4 Å². The number of piperidine rings is 1. The van der Waals surface area contributed by atoms with Crippen LogP contribution < -0.4 is 15.0 Å². The molecule has 10 heteroatoms. The number of fused-ring (bicyclic) bond motifs is 1. The van der Waals surface area contributed by atoms with E-state index in [0.717, 1.165) is 43.3 Å². The van der Waals surface area contributed by atoms with Crippen molar-refractivity contribution >= 4 is 10.9 Å². The number of aliphatic hydroxyl groups is 1. The van der Waals surface area contributed by atoms with E-state index in [0.29, 0.717) is 41.3 Å². The first-order valence-corrected chi connectivity index (χ1v) is 14.3. The lowest BCUT2D eigenvalue weighted by atomic mass is 9.97. The van der Waals surface area contributed by atoms with E-state index in [1.807, 2.05) is 31.2 Å². The standard InChI is InChI=1S/C33H32FN5O4/c1-22-5-2-3-7-27(22)32-37-29-11-9-25(42-26-10-13-31(36-19-26)43-30-12-8-24(34)18-35-30)17-28(29)33(41)39(32)21-23-6-4-14-38(20-23)15-16-40/h2-3,5,7-13,17-19,23,40H,4,6,14-16,20-21H2,1H3. The molecule has 0 aliphatic carbocycles. The number of pyridine rings is 2. The van der Waals surface area contributed by atoms with Gasteiger partial charge in [0.05, 0.1) is 29.9 Å². The van der Waals surface area contributed by atoms with Crippen LogP contribution in [0.2, 0.25) is 0 Å². The molecule has 5 aromatic rings. The number of nitrogens with zero attached hydrogens (tertiary/aromatic N) is 5. The number of rotatable bonds is 9. The Kier molecular flexibility index (Phi) is 8.39. The van der Waals surface area contributed by atoms with Crippen molar-refractivity contribution in [1.29, 1.82) is 0 Å². The molecule has 0 bridgehead atoms. The predicted octanol–water partition coefficient (Wildman–Crippen LogP) is 5.59. The average molecular weight is 582 g/mol. The van der Waals surface area contributed by atoms with Gasteiger partial charge in [0.2, 0.25) is 11.8 Å². The highest BCUT2D eigenvalue weighted by Crippen LogP contribution is 2.29. The van der Waals surface area contributed by atoms with Crippen molar-refractivity contribution in [3.63, 3.8) is 0 Å². The number of aryl methyl sites for hydroxylation is 1. The molecule has 1 atom stereocenters. The largest absolute Gasteiger partial charge is 0.456 e. The topological polar surface area (TPSA) is 103 Å². The predicted molar refractivity (Wildman–Crippen MR) is 161 cm³/mol. The van der Waals surface area contributed by atoms with Gasteiger partial charge in [-0.15, -0.1) is 0 Å². The molecule has 1 unspecified atom stereocenters. The molecular formula is C33H32FN5O4. The normalized spacial score (nSPS) is 15.5. The lowest BCUT2D eigenvalue weighted by Gasteiger charge is -2.33. The summed E-state index contributed by atoms with van der Waals surface area (Å²) in [6, 6.07) is 19.2. The molecule has 9 nitrogen and oxygen atoms in total. The van der Waals surface area contributed by atoms with Gasteiger partial charge in [-0.2, -0.15) is 0 Å². The molecule has 1 fully saturated rings. The Balaban J connectivity index is 1.30. The molecule has 220 valence electrons. The number of benzene rings is 2. The fourth-order valence-electron chi connectivity index (χ4n) is 5.52. The van der Waals surface area contributed by atoms with Crippen LogP contribution in [0.15, 0.2) is 83.9 Å². The highest BCUT2D eigenvalue weighted by molar-refractivity contribution is 5.81. The maximum absolute atomic E-state index is 14.1. The Bertz CT molecular complexity index is 1770. The Morgan fingerprint density at radius 2 is 1.77 bits per heavy atom. The van der Waals surface area contributed by atoms with E-state index < -0.39 is 5.82 Å². The quantitative estimate of drug-likeness (QED) is 0.240.